The lowest BCUT2D eigenvalue weighted by Crippen LogP contribution is -2.67. The highest BCUT2D eigenvalue weighted by Crippen LogP contribution is 2.76. The normalized spacial score (nSPS) is 51.3. The maximum Gasteiger partial charge on any atom is 0.313 e. The molecule has 7 heterocycles. The van der Waals surface area contributed by atoms with Crippen molar-refractivity contribution in [2.45, 2.75) is 310 Å². The lowest BCUT2D eigenvalue weighted by atomic mass is 9.41. The van der Waals surface area contributed by atoms with Gasteiger partial charge < -0.3 is 147 Å². The molecular weight excluding hydrogens is 1330 g/mol. The van der Waals surface area contributed by atoms with E-state index in [1.807, 2.05) is 6.92 Å². The molecular formula is C68H110O32. The number of fused-ring (bicyclic) bond motifs is 4. The molecule has 37 unspecified atom stereocenters. The summed E-state index contributed by atoms with van der Waals surface area (Å²) >= 11 is 0. The summed E-state index contributed by atoms with van der Waals surface area (Å²) in [5.74, 6) is -0.347. The Labute approximate surface area is 581 Å². The second-order valence-electron chi connectivity index (χ2n) is 31.4. The Bertz CT molecular complexity index is 2800. The van der Waals surface area contributed by atoms with Crippen LogP contribution in [0, 0.1) is 45.3 Å². The van der Waals surface area contributed by atoms with Crippen LogP contribution in [0.4, 0.5) is 0 Å². The minimum absolute atomic E-state index is 0.0151. The lowest BCUT2D eigenvalue weighted by molar-refractivity contribution is -0.394. The van der Waals surface area contributed by atoms with Gasteiger partial charge in [0.25, 0.3) is 0 Å². The van der Waals surface area contributed by atoms with Crippen molar-refractivity contribution in [2.24, 2.45) is 45.3 Å². The molecule has 3 saturated carbocycles. The molecule has 0 aromatic heterocycles. The number of esters is 2. The average Bonchev–Trinajstić information content (AvgIpc) is 1.47. The van der Waals surface area contributed by atoms with E-state index in [1.54, 1.807) is 0 Å². The molecule has 0 aromatic rings. The van der Waals surface area contributed by atoms with Gasteiger partial charge in [-0.25, -0.2) is 0 Å². The van der Waals surface area contributed by atoms with Gasteiger partial charge in [-0.05, 0) is 93.8 Å². The third-order valence-electron chi connectivity index (χ3n) is 24.7. The molecule has 14 N–H and O–H groups in total. The van der Waals surface area contributed by atoms with E-state index in [4.69, 9.17) is 75.8 Å². The van der Waals surface area contributed by atoms with Crippen molar-refractivity contribution >= 4 is 11.9 Å². The summed E-state index contributed by atoms with van der Waals surface area (Å²) < 4.78 is 96.2. The van der Waals surface area contributed by atoms with Crippen molar-refractivity contribution < 1.29 is 157 Å². The average molecular weight is 1440 g/mol. The molecule has 0 bridgehead atoms. The summed E-state index contributed by atoms with van der Waals surface area (Å²) in [7, 11) is 2.40. The Balaban J connectivity index is 0.828. The van der Waals surface area contributed by atoms with Crippen LogP contribution in [0.2, 0.25) is 0 Å². The van der Waals surface area contributed by atoms with Gasteiger partial charge in [0.05, 0.1) is 50.7 Å². The van der Waals surface area contributed by atoms with E-state index in [0.29, 0.717) is 38.5 Å². The fraction of sp³-hybridized carbons (Fsp3) is 0.941. The fourth-order valence-electron chi connectivity index (χ4n) is 19.6. The summed E-state index contributed by atoms with van der Waals surface area (Å²) in [5, 5.41) is 156. The highest BCUT2D eigenvalue weighted by molar-refractivity contribution is 5.83. The molecule has 10 fully saturated rings. The van der Waals surface area contributed by atoms with Crippen molar-refractivity contribution in [1.29, 1.82) is 0 Å². The number of aliphatic hydroxyl groups is 14. The Morgan fingerprint density at radius 1 is 0.560 bits per heavy atom. The van der Waals surface area contributed by atoms with Crippen LogP contribution < -0.4 is 0 Å². The van der Waals surface area contributed by atoms with Gasteiger partial charge in [0.15, 0.2) is 37.7 Å². The van der Waals surface area contributed by atoms with E-state index >= 15 is 0 Å². The van der Waals surface area contributed by atoms with Crippen molar-refractivity contribution in [3.05, 3.63) is 11.6 Å². The first-order chi connectivity index (χ1) is 47.2. The standard InChI is InChI=1S/C68H110O32/c1-27(2)20-30(90-29(4)72)21-67(9)39-15-18-66(8)32-12-13-38-64(5,6)40(16-17-65(38,7)31(32)14-19-68(39,66)63(84)100-67)95-62-56(44(77)37(26-88-62)94-59-50(83)55(43(76)36(24-71)91-59)98-61-49(82)54(86-11)42(75)35(23-70)93-61)99-58-46(79)45(78)51(28(3)89-58)96-57-47(80)52(33(73)25-87-57)97-60-48(81)53(85-10)41(74)34(22-69)92-60/h12,27-28,30-31,33-62,69-71,73-83H,13-26H2,1-11H3. The minimum Gasteiger partial charge on any atom is -0.462 e. The van der Waals surface area contributed by atoms with Gasteiger partial charge in [0, 0.05) is 38.9 Å². The van der Waals surface area contributed by atoms with E-state index in [0.717, 1.165) is 19.3 Å². The number of aliphatic hydroxyl groups excluding tert-OH is 14. The van der Waals surface area contributed by atoms with Gasteiger partial charge in [-0.15, -0.1) is 0 Å². The topological polar surface area (TPSA) is 465 Å². The zero-order valence-electron chi connectivity index (χ0n) is 58.7. The van der Waals surface area contributed by atoms with E-state index in [2.05, 4.69) is 47.6 Å². The molecule has 4 aliphatic carbocycles. The third kappa shape index (κ3) is 13.9. The summed E-state index contributed by atoms with van der Waals surface area (Å²) in [6.45, 7) is 14.5. The fourth-order valence-corrected chi connectivity index (χ4v) is 19.6. The third-order valence-corrected chi connectivity index (χ3v) is 24.7. The highest BCUT2D eigenvalue weighted by atomic mass is 16.8. The van der Waals surface area contributed by atoms with E-state index in [9.17, 15) is 81.1 Å². The SMILES string of the molecule is COC1C(O)C(CO)OC(OC2C(O)COC(OC3C(C)OC(OC4C(OC5CCC6(C)C7CCC89C(=O)OC(C)(CC(CC(C)C)OC(C)=O)C8CCC9(C)C7=CCC6C5(C)C)OCC(OC5OC(CO)C(O)C(OC6OC(CO)C(O)C(OC)C6O)C5O)C4O)C(O)C3O)C2O)C1O. The van der Waals surface area contributed by atoms with Gasteiger partial charge in [-0.1, -0.05) is 53.2 Å². The second-order valence-corrected chi connectivity index (χ2v) is 31.4. The molecule has 7 aliphatic heterocycles. The van der Waals surface area contributed by atoms with E-state index < -0.39 is 239 Å². The van der Waals surface area contributed by atoms with Crippen LogP contribution in [-0.2, 0) is 85.4 Å². The molecule has 0 radical (unpaired) electrons. The van der Waals surface area contributed by atoms with Gasteiger partial charge in [-0.2, -0.15) is 0 Å². The van der Waals surface area contributed by atoms with Crippen LogP contribution in [0.3, 0.4) is 0 Å². The quantitative estimate of drug-likeness (QED) is 0.0384. The van der Waals surface area contributed by atoms with Crippen LogP contribution in [0.15, 0.2) is 11.6 Å². The maximum absolute atomic E-state index is 14.8. The lowest BCUT2D eigenvalue weighted by Gasteiger charge is -2.64. The first-order valence-corrected chi connectivity index (χ1v) is 35.4. The van der Waals surface area contributed by atoms with Crippen molar-refractivity contribution in [3.8, 4) is 0 Å². The van der Waals surface area contributed by atoms with E-state index in [-0.39, 0.29) is 41.0 Å². The minimum atomic E-state index is -2.02. The maximum atomic E-state index is 14.8. The Morgan fingerprint density at radius 2 is 1.09 bits per heavy atom. The van der Waals surface area contributed by atoms with Gasteiger partial charge >= 0.3 is 11.9 Å². The van der Waals surface area contributed by atoms with Crippen LogP contribution >= 0.6 is 0 Å². The molecule has 32 nitrogen and oxygen atoms in total. The molecule has 32 heteroatoms. The summed E-state index contributed by atoms with van der Waals surface area (Å²) in [5.41, 5.74) is -1.80. The van der Waals surface area contributed by atoms with Crippen LogP contribution in [0.1, 0.15) is 120 Å². The Kier molecular flexibility index (Phi) is 24.1. The predicted molar refractivity (Wildman–Crippen MR) is 335 cm³/mol. The zero-order chi connectivity index (χ0) is 72.8. The first-order valence-electron chi connectivity index (χ1n) is 35.4. The largest absolute Gasteiger partial charge is 0.462 e. The predicted octanol–water partition coefficient (Wildman–Crippen LogP) is -2.82. The first kappa shape index (κ1) is 78.6. The van der Waals surface area contributed by atoms with E-state index in [1.165, 1.54) is 33.6 Å². The monoisotopic (exact) mass is 1440 g/mol. The summed E-state index contributed by atoms with van der Waals surface area (Å²) in [4.78, 5) is 27.2. The number of hydrogen-bond acceptors (Lipinski definition) is 32. The van der Waals surface area contributed by atoms with Gasteiger partial charge in [0.2, 0.25) is 0 Å². The molecule has 1 spiro atoms. The van der Waals surface area contributed by atoms with Crippen molar-refractivity contribution in [1.82, 2.24) is 0 Å². The number of hydrogen-bond donors (Lipinski definition) is 14. The van der Waals surface area contributed by atoms with Crippen LogP contribution in [-0.4, -0.2) is 321 Å². The molecule has 11 aliphatic rings. The number of allylic oxidation sites excluding steroid dienone is 2. The summed E-state index contributed by atoms with van der Waals surface area (Å²) in [6.07, 6.45) is -38.9. The number of rotatable bonds is 22. The number of carbonyl (C=O) groups is 2. The highest BCUT2D eigenvalue weighted by Gasteiger charge is 2.77. The molecule has 0 amide bonds. The van der Waals surface area contributed by atoms with Gasteiger partial charge in [0.1, 0.15) is 140 Å². The number of methoxy groups -OCH3 is 2. The number of ether oxygens (including phenoxy) is 16. The zero-order valence-corrected chi connectivity index (χ0v) is 58.7. The Morgan fingerprint density at radius 3 is 1.67 bits per heavy atom. The van der Waals surface area contributed by atoms with Crippen molar-refractivity contribution in [3.63, 3.8) is 0 Å². The molecule has 7 saturated heterocycles. The Hall–Kier alpha value is -2.44. The number of carbonyl (C=O) groups excluding carboxylic acids is 2. The molecule has 11 rings (SSSR count). The van der Waals surface area contributed by atoms with Crippen LogP contribution in [0.5, 0.6) is 0 Å². The molecule has 0 aromatic carbocycles. The number of cyclic esters (lactones) is 1. The summed E-state index contributed by atoms with van der Waals surface area (Å²) in [6, 6.07) is 0. The second kappa shape index (κ2) is 30.7. The smallest absolute Gasteiger partial charge is 0.313 e. The molecule has 100 heavy (non-hydrogen) atoms. The molecule has 37 atom stereocenters. The van der Waals surface area contributed by atoms with Crippen LogP contribution in [0.25, 0.3) is 0 Å². The molecule has 574 valence electrons. The van der Waals surface area contributed by atoms with Crippen molar-refractivity contribution in [2.75, 3.05) is 47.3 Å². The van der Waals surface area contributed by atoms with Gasteiger partial charge in [-0.3, -0.25) is 9.59 Å².